The van der Waals surface area contributed by atoms with Crippen LogP contribution in [0.4, 0.5) is 4.39 Å². The summed E-state index contributed by atoms with van der Waals surface area (Å²) >= 11 is 0. The lowest BCUT2D eigenvalue weighted by molar-refractivity contribution is 0.259. The molecule has 0 saturated carbocycles. The number of benzene rings is 2. The zero-order chi connectivity index (χ0) is 20.2. The first-order valence-corrected chi connectivity index (χ1v) is 9.71. The van der Waals surface area contributed by atoms with Crippen LogP contribution in [-0.4, -0.2) is 51.2 Å². The molecule has 0 spiro atoms. The number of ether oxygens (including phenoxy) is 1. The van der Waals surface area contributed by atoms with E-state index in [-0.39, 0.29) is 5.82 Å². The van der Waals surface area contributed by atoms with Gasteiger partial charge in [-0.1, -0.05) is 36.4 Å². The second-order valence-electron chi connectivity index (χ2n) is 6.72. The molecule has 152 valence electrons. The number of hydrogen-bond acceptors (Lipinski definition) is 3. The van der Waals surface area contributed by atoms with E-state index in [1.165, 1.54) is 6.07 Å². The summed E-state index contributed by atoms with van der Waals surface area (Å²) in [6.07, 6.45) is 0.599. The number of hydrogen-bond donors (Lipinski definition) is 2. The summed E-state index contributed by atoms with van der Waals surface area (Å²) in [4.78, 5) is 6.74. The average Bonchev–Trinajstić information content (AvgIpc) is 2.68. The Morgan fingerprint density at radius 1 is 1.04 bits per heavy atom. The Kier molecular flexibility index (Phi) is 9.28. The molecule has 5 nitrogen and oxygen atoms in total. The molecule has 0 heterocycles. The van der Waals surface area contributed by atoms with Gasteiger partial charge in [0.05, 0.1) is 6.54 Å². The van der Waals surface area contributed by atoms with Gasteiger partial charge >= 0.3 is 0 Å². The van der Waals surface area contributed by atoms with Gasteiger partial charge in [0.1, 0.15) is 18.2 Å². The molecule has 0 fully saturated rings. The molecule has 6 heteroatoms. The third kappa shape index (κ3) is 7.56. The molecule has 2 aromatic carbocycles. The van der Waals surface area contributed by atoms with Crippen LogP contribution in [0.2, 0.25) is 0 Å². The summed E-state index contributed by atoms with van der Waals surface area (Å²) in [5, 5.41) is 6.50. The van der Waals surface area contributed by atoms with Crippen molar-refractivity contribution in [3.8, 4) is 5.75 Å². The molecule has 0 amide bonds. The SMILES string of the molecule is CCNC(=NCc1ccccc1OCCN(C)C)NCCc1ccccc1F. The maximum Gasteiger partial charge on any atom is 0.191 e. The van der Waals surface area contributed by atoms with Crippen molar-refractivity contribution in [3.63, 3.8) is 0 Å². The summed E-state index contributed by atoms with van der Waals surface area (Å²) < 4.78 is 19.6. The summed E-state index contributed by atoms with van der Waals surface area (Å²) in [6, 6.07) is 14.8. The first kappa shape index (κ1) is 21.7. The molecule has 0 aliphatic heterocycles. The summed E-state index contributed by atoms with van der Waals surface area (Å²) in [6.45, 7) is 5.38. The monoisotopic (exact) mass is 386 g/mol. The van der Waals surface area contributed by atoms with Gasteiger partial charge in [0.25, 0.3) is 0 Å². The third-order valence-electron chi connectivity index (χ3n) is 4.17. The average molecular weight is 387 g/mol. The van der Waals surface area contributed by atoms with E-state index in [4.69, 9.17) is 4.74 Å². The Bertz CT molecular complexity index is 749. The molecule has 0 aliphatic carbocycles. The summed E-state index contributed by atoms with van der Waals surface area (Å²) in [7, 11) is 4.05. The smallest absolute Gasteiger partial charge is 0.191 e. The molecule has 0 aromatic heterocycles. The molecule has 0 unspecified atom stereocenters. The molecule has 0 aliphatic rings. The Balaban J connectivity index is 1.93. The molecular formula is C22H31FN4O. The molecule has 2 aromatic rings. The molecule has 28 heavy (non-hydrogen) atoms. The predicted molar refractivity (Wildman–Crippen MR) is 113 cm³/mol. The third-order valence-corrected chi connectivity index (χ3v) is 4.17. The van der Waals surface area contributed by atoms with Gasteiger partial charge in [-0.3, -0.25) is 0 Å². The molecule has 0 radical (unpaired) electrons. The highest BCUT2D eigenvalue weighted by atomic mass is 19.1. The summed E-state index contributed by atoms with van der Waals surface area (Å²) in [5.41, 5.74) is 1.73. The van der Waals surface area contributed by atoms with E-state index in [9.17, 15) is 4.39 Å². The van der Waals surface area contributed by atoms with Gasteiger partial charge in [-0.25, -0.2) is 9.38 Å². The van der Waals surface area contributed by atoms with E-state index in [1.807, 2.05) is 57.4 Å². The van der Waals surface area contributed by atoms with Crippen molar-refractivity contribution in [2.75, 3.05) is 40.3 Å². The number of rotatable bonds is 10. The maximum atomic E-state index is 13.7. The van der Waals surface area contributed by atoms with Gasteiger partial charge in [0, 0.05) is 25.2 Å². The predicted octanol–water partition coefficient (Wildman–Crippen LogP) is 3.06. The van der Waals surface area contributed by atoms with Gasteiger partial charge in [0.2, 0.25) is 0 Å². The highest BCUT2D eigenvalue weighted by Crippen LogP contribution is 2.18. The largest absolute Gasteiger partial charge is 0.492 e. The minimum Gasteiger partial charge on any atom is -0.492 e. The highest BCUT2D eigenvalue weighted by Gasteiger charge is 2.05. The van der Waals surface area contributed by atoms with Gasteiger partial charge < -0.3 is 20.3 Å². The minimum absolute atomic E-state index is 0.171. The van der Waals surface area contributed by atoms with Crippen molar-refractivity contribution in [1.82, 2.24) is 15.5 Å². The van der Waals surface area contributed by atoms with Crippen LogP contribution in [0.25, 0.3) is 0 Å². The fourth-order valence-corrected chi connectivity index (χ4v) is 2.64. The molecule has 0 atom stereocenters. The van der Waals surface area contributed by atoms with Crippen LogP contribution >= 0.6 is 0 Å². The highest BCUT2D eigenvalue weighted by molar-refractivity contribution is 5.79. The number of nitrogens with zero attached hydrogens (tertiary/aromatic N) is 2. The standard InChI is InChI=1S/C22H31FN4O/c1-4-24-22(25-14-13-18-9-5-7-11-20(18)23)26-17-19-10-6-8-12-21(19)28-16-15-27(2)3/h5-12H,4,13-17H2,1-3H3,(H2,24,25,26). The fourth-order valence-electron chi connectivity index (χ4n) is 2.64. The number of aliphatic imine (C=N–C) groups is 1. The van der Waals surface area contributed by atoms with Crippen LogP contribution in [0.15, 0.2) is 53.5 Å². The minimum atomic E-state index is -0.171. The second kappa shape index (κ2) is 12.0. The second-order valence-corrected chi connectivity index (χ2v) is 6.72. The van der Waals surface area contributed by atoms with E-state index in [2.05, 4.69) is 20.5 Å². The van der Waals surface area contributed by atoms with Crippen molar-refractivity contribution >= 4 is 5.96 Å². The van der Waals surface area contributed by atoms with Crippen LogP contribution in [0.5, 0.6) is 5.75 Å². The van der Waals surface area contributed by atoms with Crippen molar-refractivity contribution < 1.29 is 9.13 Å². The Morgan fingerprint density at radius 3 is 2.46 bits per heavy atom. The molecule has 0 bridgehead atoms. The van der Waals surface area contributed by atoms with Gasteiger partial charge in [-0.15, -0.1) is 0 Å². The normalized spacial score (nSPS) is 11.5. The molecular weight excluding hydrogens is 355 g/mol. The fraction of sp³-hybridized carbons (Fsp3) is 0.409. The van der Waals surface area contributed by atoms with E-state index in [0.717, 1.165) is 24.4 Å². The summed E-state index contributed by atoms with van der Waals surface area (Å²) in [5.74, 6) is 1.40. The first-order valence-electron chi connectivity index (χ1n) is 9.71. The van der Waals surface area contributed by atoms with Crippen LogP contribution in [0.3, 0.4) is 0 Å². The first-order chi connectivity index (χ1) is 13.6. The van der Waals surface area contributed by atoms with Crippen LogP contribution < -0.4 is 15.4 Å². The van der Waals surface area contributed by atoms with Crippen LogP contribution in [0.1, 0.15) is 18.1 Å². The van der Waals surface area contributed by atoms with Gasteiger partial charge in [-0.05, 0) is 45.1 Å². The lowest BCUT2D eigenvalue weighted by atomic mass is 10.1. The number of halogens is 1. The maximum absolute atomic E-state index is 13.7. The lowest BCUT2D eigenvalue weighted by Gasteiger charge is -2.14. The van der Waals surface area contributed by atoms with Gasteiger partial charge in [0.15, 0.2) is 5.96 Å². The zero-order valence-electron chi connectivity index (χ0n) is 17.0. The molecule has 0 saturated heterocycles. The van der Waals surface area contributed by atoms with Crippen molar-refractivity contribution in [2.45, 2.75) is 19.9 Å². The Hall–Kier alpha value is -2.60. The number of nitrogens with one attached hydrogen (secondary N) is 2. The molecule has 2 rings (SSSR count). The Morgan fingerprint density at radius 2 is 1.75 bits per heavy atom. The van der Waals surface area contributed by atoms with Crippen molar-refractivity contribution in [2.24, 2.45) is 4.99 Å². The van der Waals surface area contributed by atoms with Crippen molar-refractivity contribution in [3.05, 3.63) is 65.5 Å². The topological polar surface area (TPSA) is 48.9 Å². The van der Waals surface area contributed by atoms with E-state index in [0.29, 0.717) is 37.6 Å². The van der Waals surface area contributed by atoms with E-state index >= 15 is 0 Å². The van der Waals surface area contributed by atoms with E-state index in [1.54, 1.807) is 6.07 Å². The quantitative estimate of drug-likeness (QED) is 0.487. The van der Waals surface area contributed by atoms with E-state index < -0.39 is 0 Å². The van der Waals surface area contributed by atoms with Crippen LogP contribution in [0, 0.1) is 5.82 Å². The number of guanidine groups is 1. The molecule has 2 N–H and O–H groups in total. The van der Waals surface area contributed by atoms with Crippen LogP contribution in [-0.2, 0) is 13.0 Å². The van der Waals surface area contributed by atoms with Gasteiger partial charge in [-0.2, -0.15) is 0 Å². The number of likely N-dealkylation sites (N-methyl/N-ethyl adjacent to an activating group) is 1. The Labute approximate surface area is 167 Å². The lowest BCUT2D eigenvalue weighted by Crippen LogP contribution is -2.38. The number of para-hydroxylation sites is 1. The van der Waals surface area contributed by atoms with Crippen molar-refractivity contribution in [1.29, 1.82) is 0 Å². The zero-order valence-corrected chi connectivity index (χ0v) is 17.0.